The summed E-state index contributed by atoms with van der Waals surface area (Å²) >= 11 is 3.29. The van der Waals surface area contributed by atoms with Crippen molar-refractivity contribution in [2.24, 2.45) is 0 Å². The third-order valence-corrected chi connectivity index (χ3v) is 3.42. The van der Waals surface area contributed by atoms with E-state index in [0.29, 0.717) is 16.2 Å². The van der Waals surface area contributed by atoms with Crippen molar-refractivity contribution in [2.75, 3.05) is 11.1 Å². The van der Waals surface area contributed by atoms with E-state index >= 15 is 0 Å². The minimum atomic E-state index is 0.0488. The average molecular weight is 333 g/mol. The molecule has 0 amide bonds. The van der Waals surface area contributed by atoms with Crippen molar-refractivity contribution in [1.82, 2.24) is 19.4 Å². The summed E-state index contributed by atoms with van der Waals surface area (Å²) in [7, 11) is 0. The van der Waals surface area contributed by atoms with Crippen LogP contribution in [0.1, 0.15) is 18.5 Å². The van der Waals surface area contributed by atoms with E-state index in [1.165, 1.54) is 0 Å². The highest BCUT2D eigenvalue weighted by Gasteiger charge is 2.10. The number of rotatable bonds is 3. The van der Waals surface area contributed by atoms with Crippen LogP contribution in [-0.2, 0) is 0 Å². The Bertz CT molecular complexity index is 753. The summed E-state index contributed by atoms with van der Waals surface area (Å²) in [5.41, 5.74) is 7.84. The molecule has 0 aliphatic carbocycles. The van der Waals surface area contributed by atoms with E-state index in [0.717, 1.165) is 11.2 Å². The van der Waals surface area contributed by atoms with Gasteiger partial charge in [-0.2, -0.15) is 0 Å². The summed E-state index contributed by atoms with van der Waals surface area (Å²) in [6.45, 7) is 2.04. The van der Waals surface area contributed by atoms with Crippen LogP contribution in [0, 0.1) is 0 Å². The number of nitrogens with two attached hydrogens (primary N) is 1. The molecule has 1 atom stereocenters. The Labute approximate surface area is 124 Å². The highest BCUT2D eigenvalue weighted by atomic mass is 79.9. The maximum Gasteiger partial charge on any atom is 0.170 e. The Morgan fingerprint density at radius 1 is 1.35 bits per heavy atom. The Balaban J connectivity index is 1.88. The van der Waals surface area contributed by atoms with E-state index in [9.17, 15) is 0 Å². The molecule has 6 nitrogen and oxygen atoms in total. The summed E-state index contributed by atoms with van der Waals surface area (Å²) in [5, 5.41) is 3.26. The van der Waals surface area contributed by atoms with Crippen LogP contribution in [0.5, 0.6) is 0 Å². The first-order valence-corrected chi connectivity index (χ1v) is 6.90. The number of nitrogens with zero attached hydrogens (tertiary/aromatic N) is 4. The number of imidazole rings is 1. The number of nitrogen functional groups attached to an aromatic ring is 1. The molecule has 3 heterocycles. The van der Waals surface area contributed by atoms with Crippen molar-refractivity contribution in [3.05, 3.63) is 47.1 Å². The highest BCUT2D eigenvalue weighted by molar-refractivity contribution is 9.10. The van der Waals surface area contributed by atoms with Gasteiger partial charge in [0.15, 0.2) is 11.6 Å². The molecule has 7 heteroatoms. The maximum absolute atomic E-state index is 5.82. The number of pyridine rings is 1. The van der Waals surface area contributed by atoms with Gasteiger partial charge in [0.1, 0.15) is 10.3 Å². The van der Waals surface area contributed by atoms with Gasteiger partial charge in [0.2, 0.25) is 0 Å². The van der Waals surface area contributed by atoms with E-state index in [1.54, 1.807) is 12.4 Å². The van der Waals surface area contributed by atoms with Crippen LogP contribution in [0.25, 0.3) is 5.65 Å². The Hall–Kier alpha value is -2.15. The van der Waals surface area contributed by atoms with Gasteiger partial charge in [-0.05, 0) is 34.5 Å². The smallest absolute Gasteiger partial charge is 0.170 e. The molecule has 1 unspecified atom stereocenters. The van der Waals surface area contributed by atoms with Crippen LogP contribution < -0.4 is 11.1 Å². The number of aromatic nitrogens is 4. The van der Waals surface area contributed by atoms with Gasteiger partial charge in [-0.1, -0.05) is 6.07 Å². The quantitative estimate of drug-likeness (QED) is 0.770. The molecule has 0 aliphatic heterocycles. The van der Waals surface area contributed by atoms with Crippen molar-refractivity contribution >= 4 is 33.2 Å². The van der Waals surface area contributed by atoms with Crippen LogP contribution in [-0.4, -0.2) is 19.4 Å². The number of halogens is 1. The fraction of sp³-hybridized carbons (Fsp3) is 0.154. The fourth-order valence-electron chi connectivity index (χ4n) is 1.96. The molecule has 0 spiro atoms. The van der Waals surface area contributed by atoms with Gasteiger partial charge >= 0.3 is 0 Å². The molecule has 3 aromatic heterocycles. The molecule has 0 bridgehead atoms. The number of fused-ring (bicyclic) bond motifs is 1. The predicted molar refractivity (Wildman–Crippen MR) is 81.4 cm³/mol. The Morgan fingerprint density at radius 3 is 3.05 bits per heavy atom. The lowest BCUT2D eigenvalue weighted by atomic mass is 10.1. The summed E-state index contributed by atoms with van der Waals surface area (Å²) < 4.78 is 2.62. The SMILES string of the molecule is CC(Nc1nc(Br)cnc1N)c1ccc2nccn2c1. The lowest BCUT2D eigenvalue weighted by Crippen LogP contribution is -2.11. The summed E-state index contributed by atoms with van der Waals surface area (Å²) in [6.07, 6.45) is 7.29. The largest absolute Gasteiger partial charge is 0.381 e. The van der Waals surface area contributed by atoms with E-state index in [-0.39, 0.29) is 6.04 Å². The van der Waals surface area contributed by atoms with Gasteiger partial charge in [0, 0.05) is 18.6 Å². The monoisotopic (exact) mass is 332 g/mol. The standard InChI is InChI=1S/C13H13BrN6/c1-8(18-13-12(15)17-6-10(14)19-13)9-2-3-11-16-4-5-20(11)7-9/h2-8H,1H3,(H2,15,17)(H,18,19). The van der Waals surface area contributed by atoms with Crippen LogP contribution in [0.4, 0.5) is 11.6 Å². The van der Waals surface area contributed by atoms with Crippen LogP contribution in [0.2, 0.25) is 0 Å². The highest BCUT2D eigenvalue weighted by Crippen LogP contribution is 2.22. The molecule has 0 aliphatic rings. The summed E-state index contributed by atoms with van der Waals surface area (Å²) in [5.74, 6) is 0.946. The van der Waals surface area contributed by atoms with Crippen LogP contribution in [0.3, 0.4) is 0 Å². The fourth-order valence-corrected chi connectivity index (χ4v) is 2.24. The number of anilines is 2. The van der Waals surface area contributed by atoms with Gasteiger partial charge in [0.05, 0.1) is 12.2 Å². The first-order chi connectivity index (χ1) is 9.63. The van der Waals surface area contributed by atoms with Crippen molar-refractivity contribution in [3.8, 4) is 0 Å². The summed E-state index contributed by atoms with van der Waals surface area (Å²) in [6, 6.07) is 4.05. The molecule has 0 fully saturated rings. The zero-order valence-electron chi connectivity index (χ0n) is 10.8. The van der Waals surface area contributed by atoms with E-state index < -0.39 is 0 Å². The average Bonchev–Trinajstić information content (AvgIpc) is 2.90. The van der Waals surface area contributed by atoms with Crippen LogP contribution in [0.15, 0.2) is 41.5 Å². The molecule has 3 N–H and O–H groups in total. The maximum atomic E-state index is 5.82. The lowest BCUT2D eigenvalue weighted by Gasteiger charge is -2.16. The van der Waals surface area contributed by atoms with Crippen molar-refractivity contribution in [3.63, 3.8) is 0 Å². The number of hydrogen-bond donors (Lipinski definition) is 2. The Kier molecular flexibility index (Phi) is 3.27. The first kappa shape index (κ1) is 12.9. The lowest BCUT2D eigenvalue weighted by molar-refractivity contribution is 0.859. The van der Waals surface area contributed by atoms with Crippen molar-refractivity contribution < 1.29 is 0 Å². The van der Waals surface area contributed by atoms with Crippen LogP contribution >= 0.6 is 15.9 Å². The van der Waals surface area contributed by atoms with Gasteiger partial charge in [-0.25, -0.2) is 15.0 Å². The van der Waals surface area contributed by atoms with E-state index in [4.69, 9.17) is 5.73 Å². The molecule has 0 radical (unpaired) electrons. The molecule has 0 saturated carbocycles. The predicted octanol–water partition coefficient (Wildman–Crippen LogP) is 2.64. The second-order valence-electron chi connectivity index (χ2n) is 4.45. The van der Waals surface area contributed by atoms with Gasteiger partial charge in [0.25, 0.3) is 0 Å². The third-order valence-electron chi connectivity index (χ3n) is 3.04. The van der Waals surface area contributed by atoms with Crippen molar-refractivity contribution in [1.29, 1.82) is 0 Å². The zero-order chi connectivity index (χ0) is 14.1. The third kappa shape index (κ3) is 2.44. The minimum Gasteiger partial charge on any atom is -0.381 e. The second-order valence-corrected chi connectivity index (χ2v) is 5.26. The molecular formula is C13H13BrN6. The van der Waals surface area contributed by atoms with Gasteiger partial charge in [-0.3, -0.25) is 0 Å². The minimum absolute atomic E-state index is 0.0488. The van der Waals surface area contributed by atoms with E-state index in [2.05, 4.69) is 36.2 Å². The number of nitrogens with one attached hydrogen (secondary N) is 1. The molecule has 20 heavy (non-hydrogen) atoms. The topological polar surface area (TPSA) is 81.1 Å². The van der Waals surface area contributed by atoms with Gasteiger partial charge < -0.3 is 15.5 Å². The molecule has 0 saturated heterocycles. The van der Waals surface area contributed by atoms with E-state index in [1.807, 2.05) is 35.9 Å². The Morgan fingerprint density at radius 2 is 2.20 bits per heavy atom. The summed E-state index contributed by atoms with van der Waals surface area (Å²) in [4.78, 5) is 12.6. The van der Waals surface area contributed by atoms with Crippen molar-refractivity contribution in [2.45, 2.75) is 13.0 Å². The van der Waals surface area contributed by atoms with Gasteiger partial charge in [-0.15, -0.1) is 0 Å². The molecular weight excluding hydrogens is 320 g/mol. The molecule has 102 valence electrons. The second kappa shape index (κ2) is 5.09. The first-order valence-electron chi connectivity index (χ1n) is 6.10. The normalized spacial score (nSPS) is 12.5. The number of hydrogen-bond acceptors (Lipinski definition) is 5. The molecule has 3 aromatic rings. The zero-order valence-corrected chi connectivity index (χ0v) is 12.4. The molecule has 3 rings (SSSR count). The molecule has 0 aromatic carbocycles.